The third kappa shape index (κ3) is 6.51. The largest absolute Gasteiger partial charge is 0.463 e. The van der Waals surface area contributed by atoms with E-state index in [2.05, 4.69) is 22.4 Å². The first-order valence-electron chi connectivity index (χ1n) is 7.53. The van der Waals surface area contributed by atoms with Crippen LogP contribution in [-0.2, 0) is 42.9 Å². The summed E-state index contributed by atoms with van der Waals surface area (Å²) in [6, 6.07) is 0. The maximum atomic E-state index is 11.5. The molecule has 26 heavy (non-hydrogen) atoms. The van der Waals surface area contributed by atoms with Gasteiger partial charge in [0.25, 0.3) is 0 Å². The number of hydrogen-bond donors (Lipinski definition) is 0. The molecule has 0 bridgehead atoms. The van der Waals surface area contributed by atoms with Gasteiger partial charge in [-0.25, -0.2) is 0 Å². The quantitative estimate of drug-likeness (QED) is 0.268. The minimum Gasteiger partial charge on any atom is -0.463 e. The number of aliphatic imine (C=N–C) groups is 1. The van der Waals surface area contributed by atoms with E-state index >= 15 is 0 Å². The monoisotopic (exact) mass is 389 g/mol. The lowest BCUT2D eigenvalue weighted by Gasteiger charge is -2.42. The van der Waals surface area contributed by atoms with Gasteiger partial charge in [-0.2, -0.15) is 4.99 Å². The zero-order chi connectivity index (χ0) is 19.9. The molecule has 0 aromatic heterocycles. The Kier molecular flexibility index (Phi) is 8.30. The minimum atomic E-state index is -1.26. The second-order valence-corrected chi connectivity index (χ2v) is 5.49. The number of thiocarbonyl (C=S) groups is 1. The topological polar surface area (TPSA) is 127 Å². The Morgan fingerprint density at radius 3 is 1.85 bits per heavy atom. The average molecular weight is 389 g/mol. The van der Waals surface area contributed by atoms with Crippen LogP contribution in [0.2, 0.25) is 0 Å². The highest BCUT2D eigenvalue weighted by Gasteiger charge is 2.52. The third-order valence-corrected chi connectivity index (χ3v) is 3.25. The average Bonchev–Trinajstić information content (AvgIpc) is 2.50. The fourth-order valence-corrected chi connectivity index (χ4v) is 2.47. The van der Waals surface area contributed by atoms with E-state index in [4.69, 9.17) is 23.7 Å². The molecule has 0 saturated carbocycles. The highest BCUT2D eigenvalue weighted by molar-refractivity contribution is 7.78. The van der Waals surface area contributed by atoms with Gasteiger partial charge < -0.3 is 23.7 Å². The van der Waals surface area contributed by atoms with Crippen molar-refractivity contribution >= 4 is 41.3 Å². The van der Waals surface area contributed by atoms with Crippen LogP contribution in [0, 0.1) is 0 Å². The number of esters is 4. The summed E-state index contributed by atoms with van der Waals surface area (Å²) in [6.07, 6.45) is -5.96. The van der Waals surface area contributed by atoms with Gasteiger partial charge in [0.1, 0.15) is 12.7 Å². The molecule has 0 aliphatic carbocycles. The van der Waals surface area contributed by atoms with Gasteiger partial charge in [-0.15, -0.1) is 0 Å². The molecule has 0 radical (unpaired) electrons. The summed E-state index contributed by atoms with van der Waals surface area (Å²) < 4.78 is 26.0. The molecular weight excluding hydrogens is 370 g/mol. The molecule has 0 aromatic carbocycles. The van der Waals surface area contributed by atoms with Crippen LogP contribution in [0.3, 0.4) is 0 Å². The van der Waals surface area contributed by atoms with Gasteiger partial charge in [0, 0.05) is 27.7 Å². The molecule has 10 nitrogen and oxygen atoms in total. The number of hydrogen-bond acceptors (Lipinski definition) is 11. The number of rotatable bonds is 6. The lowest BCUT2D eigenvalue weighted by atomic mass is 9.97. The fraction of sp³-hybridized carbons (Fsp3) is 0.667. The Balaban J connectivity index is 3.28. The molecule has 0 amide bonds. The molecule has 0 spiro atoms. The SMILES string of the molecule is CC(=O)OC[C@@H]1O[C@H](N=C=S)[C@H](OC(C)=O)[C@@H](OC(C)=O)[C@@H]1OC(C)=O. The van der Waals surface area contributed by atoms with Gasteiger partial charge in [-0.1, -0.05) is 0 Å². The highest BCUT2D eigenvalue weighted by atomic mass is 32.1. The van der Waals surface area contributed by atoms with Crippen molar-refractivity contribution in [3.8, 4) is 0 Å². The summed E-state index contributed by atoms with van der Waals surface area (Å²) in [5.41, 5.74) is 0. The highest BCUT2D eigenvalue weighted by Crippen LogP contribution is 2.29. The summed E-state index contributed by atoms with van der Waals surface area (Å²) in [4.78, 5) is 49.3. The lowest BCUT2D eigenvalue weighted by molar-refractivity contribution is -0.250. The molecule has 11 heteroatoms. The van der Waals surface area contributed by atoms with E-state index in [-0.39, 0.29) is 6.61 Å². The summed E-state index contributed by atoms with van der Waals surface area (Å²) in [7, 11) is 0. The fourth-order valence-electron chi connectivity index (χ4n) is 2.36. The third-order valence-electron chi connectivity index (χ3n) is 3.15. The number of carbonyl (C=O) groups is 4. The van der Waals surface area contributed by atoms with Crippen LogP contribution < -0.4 is 0 Å². The summed E-state index contributed by atoms with van der Waals surface area (Å²) in [5, 5.41) is 2.09. The first-order valence-corrected chi connectivity index (χ1v) is 7.94. The van der Waals surface area contributed by atoms with Crippen molar-refractivity contribution in [2.45, 2.75) is 58.3 Å². The Morgan fingerprint density at radius 2 is 1.38 bits per heavy atom. The van der Waals surface area contributed by atoms with E-state index < -0.39 is 54.5 Å². The van der Waals surface area contributed by atoms with Crippen molar-refractivity contribution in [3.05, 3.63) is 0 Å². The molecular formula is C15H19NO9S. The molecule has 0 aromatic rings. The van der Waals surface area contributed by atoms with Crippen LogP contribution >= 0.6 is 12.2 Å². The van der Waals surface area contributed by atoms with Crippen LogP contribution in [0.4, 0.5) is 0 Å². The Bertz CT molecular complexity index is 616. The van der Waals surface area contributed by atoms with Crippen LogP contribution in [0.5, 0.6) is 0 Å². The zero-order valence-electron chi connectivity index (χ0n) is 14.6. The van der Waals surface area contributed by atoms with Crippen LogP contribution in [0.15, 0.2) is 4.99 Å². The number of nitrogens with zero attached hydrogens (tertiary/aromatic N) is 1. The van der Waals surface area contributed by atoms with Gasteiger partial charge >= 0.3 is 23.9 Å². The molecule has 1 aliphatic heterocycles. The second-order valence-electron chi connectivity index (χ2n) is 5.31. The van der Waals surface area contributed by atoms with Crippen molar-refractivity contribution in [1.82, 2.24) is 0 Å². The Hall–Kier alpha value is -2.36. The zero-order valence-corrected chi connectivity index (χ0v) is 15.4. The second kappa shape index (κ2) is 9.95. The van der Waals surface area contributed by atoms with Crippen molar-refractivity contribution in [2.24, 2.45) is 4.99 Å². The summed E-state index contributed by atoms with van der Waals surface area (Å²) in [6.45, 7) is 4.26. The van der Waals surface area contributed by atoms with Gasteiger partial charge in [-0.05, 0) is 12.2 Å². The molecule has 1 rings (SSSR count). The van der Waals surface area contributed by atoms with Gasteiger partial charge in [0.05, 0.1) is 5.16 Å². The van der Waals surface area contributed by atoms with E-state index in [1.165, 1.54) is 6.92 Å². The summed E-state index contributed by atoms with van der Waals surface area (Å²) >= 11 is 4.55. The van der Waals surface area contributed by atoms with Crippen molar-refractivity contribution in [1.29, 1.82) is 0 Å². The van der Waals surface area contributed by atoms with E-state index in [0.717, 1.165) is 20.8 Å². The number of ether oxygens (including phenoxy) is 5. The smallest absolute Gasteiger partial charge is 0.303 e. The van der Waals surface area contributed by atoms with Gasteiger partial charge in [0.2, 0.25) is 0 Å². The molecule has 1 heterocycles. The van der Waals surface area contributed by atoms with E-state index in [1.54, 1.807) is 0 Å². The molecule has 1 fully saturated rings. The van der Waals surface area contributed by atoms with Crippen molar-refractivity contribution < 1.29 is 42.9 Å². The van der Waals surface area contributed by atoms with Gasteiger partial charge in [0.15, 0.2) is 24.5 Å². The molecule has 0 unspecified atom stereocenters. The maximum Gasteiger partial charge on any atom is 0.303 e. The van der Waals surface area contributed by atoms with Gasteiger partial charge in [-0.3, -0.25) is 19.2 Å². The predicted molar refractivity (Wildman–Crippen MR) is 87.0 cm³/mol. The van der Waals surface area contributed by atoms with E-state index in [0.29, 0.717) is 0 Å². The lowest BCUT2D eigenvalue weighted by Crippen LogP contribution is -2.61. The maximum absolute atomic E-state index is 11.5. The van der Waals surface area contributed by atoms with E-state index in [1.807, 2.05) is 0 Å². The standard InChI is InChI=1S/C15H19NO9S/c1-7(17)21-5-11-12(22-8(2)18)13(23-9(3)19)14(24-10(4)20)15(25-11)16-6-26/h11-15H,5H2,1-4H3/t11-,12+,13-,14+,15-/m0/s1. The molecule has 144 valence electrons. The van der Waals surface area contributed by atoms with Crippen molar-refractivity contribution in [3.63, 3.8) is 0 Å². The molecule has 0 N–H and O–H groups in total. The first kappa shape index (κ1) is 21.7. The summed E-state index contributed by atoms with van der Waals surface area (Å²) in [5.74, 6) is -2.74. The number of carbonyl (C=O) groups excluding carboxylic acids is 4. The first-order chi connectivity index (χ1) is 12.1. The molecule has 5 atom stereocenters. The predicted octanol–water partition coefficient (Wildman–Crippen LogP) is 0.172. The number of isothiocyanates is 1. The Labute approximate surface area is 154 Å². The van der Waals surface area contributed by atoms with Crippen LogP contribution in [0.1, 0.15) is 27.7 Å². The van der Waals surface area contributed by atoms with Crippen molar-refractivity contribution in [2.75, 3.05) is 6.61 Å². The molecule has 1 aliphatic rings. The van der Waals surface area contributed by atoms with E-state index in [9.17, 15) is 19.2 Å². The normalized spacial score (nSPS) is 27.5. The minimum absolute atomic E-state index is 0.318. The van der Waals surface area contributed by atoms with Crippen LogP contribution in [-0.4, -0.2) is 66.3 Å². The van der Waals surface area contributed by atoms with Crippen LogP contribution in [0.25, 0.3) is 0 Å². The Morgan fingerprint density at radius 1 is 0.885 bits per heavy atom. The molecule has 1 saturated heterocycles.